The molecule has 6 heteroatoms. The van der Waals surface area contributed by atoms with Gasteiger partial charge in [0.25, 0.3) is 0 Å². The summed E-state index contributed by atoms with van der Waals surface area (Å²) in [6, 6.07) is 54.8. The molecule has 1 aliphatic rings. The summed E-state index contributed by atoms with van der Waals surface area (Å²) in [5.41, 5.74) is 10.7. The van der Waals surface area contributed by atoms with Gasteiger partial charge in [0.2, 0.25) is 5.95 Å². The molecule has 4 heterocycles. The maximum atomic E-state index is 5.42. The van der Waals surface area contributed by atoms with Crippen molar-refractivity contribution in [2.75, 3.05) is 0 Å². The first kappa shape index (κ1) is 34.4. The number of para-hydroxylation sites is 2. The number of fused-ring (bicyclic) bond motifs is 10. The molecule has 0 spiro atoms. The highest BCUT2D eigenvalue weighted by Gasteiger charge is 2.38. The Morgan fingerprint density at radius 2 is 1.05 bits per heavy atom. The highest BCUT2D eigenvalue weighted by atomic mass is 32.1. The van der Waals surface area contributed by atoms with Gasteiger partial charge in [0.1, 0.15) is 0 Å². The van der Waals surface area contributed by atoms with Crippen molar-refractivity contribution in [3.63, 3.8) is 0 Å². The Bertz CT molecular complexity index is 3500. The molecule has 0 fully saturated rings. The lowest BCUT2D eigenvalue weighted by atomic mass is 9.63. The van der Waals surface area contributed by atoms with Crippen molar-refractivity contribution in [2.24, 2.45) is 0 Å². The lowest BCUT2D eigenvalue weighted by Crippen LogP contribution is -2.33. The Morgan fingerprint density at radius 1 is 0.458 bits per heavy atom. The van der Waals surface area contributed by atoms with Gasteiger partial charge in [0.05, 0.1) is 22.1 Å². The molecule has 12 rings (SSSR count). The molecule has 284 valence electrons. The van der Waals surface area contributed by atoms with Crippen molar-refractivity contribution in [1.29, 1.82) is 0 Å². The third-order valence-corrected chi connectivity index (χ3v) is 14.3. The fourth-order valence-electron chi connectivity index (χ4n) is 9.83. The maximum absolute atomic E-state index is 5.42. The lowest BCUT2D eigenvalue weighted by Gasteiger charge is -2.42. The molecule has 0 atom stereocenters. The van der Waals surface area contributed by atoms with E-state index in [0.717, 1.165) is 33.4 Å². The minimum atomic E-state index is 0.0849. The molecule has 5 nitrogen and oxygen atoms in total. The van der Waals surface area contributed by atoms with Crippen LogP contribution in [-0.2, 0) is 10.8 Å². The van der Waals surface area contributed by atoms with E-state index < -0.39 is 0 Å². The highest BCUT2D eigenvalue weighted by Crippen LogP contribution is 2.49. The lowest BCUT2D eigenvalue weighted by molar-refractivity contribution is 0.332. The second-order valence-corrected chi connectivity index (χ2v) is 18.6. The minimum Gasteiger partial charge on any atom is -0.309 e. The molecule has 0 unspecified atom stereocenters. The van der Waals surface area contributed by atoms with Crippen LogP contribution in [0.25, 0.3) is 98.2 Å². The van der Waals surface area contributed by atoms with Gasteiger partial charge in [-0.05, 0) is 89.4 Å². The van der Waals surface area contributed by atoms with Crippen LogP contribution in [0.4, 0.5) is 0 Å². The fourth-order valence-corrected chi connectivity index (χ4v) is 11.0. The van der Waals surface area contributed by atoms with Crippen LogP contribution >= 0.6 is 11.3 Å². The second-order valence-electron chi connectivity index (χ2n) is 17.5. The molecular weight excluding hydrogens is 739 g/mol. The van der Waals surface area contributed by atoms with Gasteiger partial charge in [-0.15, -0.1) is 11.3 Å². The Morgan fingerprint density at radius 3 is 1.85 bits per heavy atom. The molecule has 4 aromatic heterocycles. The highest BCUT2D eigenvalue weighted by molar-refractivity contribution is 7.26. The summed E-state index contributed by atoms with van der Waals surface area (Å²) in [5, 5.41) is 7.34. The van der Waals surface area contributed by atoms with Crippen LogP contribution < -0.4 is 0 Å². The zero-order valence-electron chi connectivity index (χ0n) is 33.5. The third-order valence-electron chi connectivity index (χ3n) is 13.0. The topological polar surface area (TPSA) is 48.5 Å². The van der Waals surface area contributed by atoms with Gasteiger partial charge >= 0.3 is 0 Å². The molecule has 0 aliphatic heterocycles. The average Bonchev–Trinajstić information content (AvgIpc) is 3.91. The molecule has 0 amide bonds. The van der Waals surface area contributed by atoms with Gasteiger partial charge in [-0.1, -0.05) is 125 Å². The molecule has 0 saturated heterocycles. The van der Waals surface area contributed by atoms with Gasteiger partial charge in [-0.2, -0.15) is 9.97 Å². The van der Waals surface area contributed by atoms with Crippen LogP contribution in [0, 0.1) is 0 Å². The Labute approximate surface area is 346 Å². The molecular formula is C53H41N5S. The summed E-state index contributed by atoms with van der Waals surface area (Å²) in [4.78, 5) is 16.0. The van der Waals surface area contributed by atoms with Crippen molar-refractivity contribution in [2.45, 2.75) is 51.4 Å². The standard InChI is InChI=1S/C53H41N5S/c1-52(2)26-27-53(3,4)42-30-44-40(29-41(42)52)39-28-38-34-20-11-13-24-43(34)58(46(38)31-45(39)57(44)33-18-9-6-10-19-33)51-55-49(32-16-7-5-8-17-32)54-50(56-51)37-23-15-22-36-35-21-12-14-25-47(35)59-48(36)37/h5-25,28-31H,26-27H2,1-4H3. The average molecular weight is 780 g/mol. The first-order valence-electron chi connectivity index (χ1n) is 20.6. The Balaban J connectivity index is 1.19. The van der Waals surface area contributed by atoms with E-state index in [-0.39, 0.29) is 10.8 Å². The van der Waals surface area contributed by atoms with Crippen molar-refractivity contribution in [1.82, 2.24) is 24.1 Å². The van der Waals surface area contributed by atoms with E-state index in [1.54, 1.807) is 11.3 Å². The maximum Gasteiger partial charge on any atom is 0.238 e. The third kappa shape index (κ3) is 5.12. The second kappa shape index (κ2) is 12.4. The number of rotatable bonds is 4. The van der Waals surface area contributed by atoms with Gasteiger partial charge in [0, 0.05) is 58.5 Å². The van der Waals surface area contributed by atoms with Crippen molar-refractivity contribution in [3.05, 3.63) is 163 Å². The Hall–Kier alpha value is -6.63. The normalized spacial score (nSPS) is 14.9. The van der Waals surface area contributed by atoms with E-state index >= 15 is 0 Å². The van der Waals surface area contributed by atoms with Crippen LogP contribution in [0.2, 0.25) is 0 Å². The van der Waals surface area contributed by atoms with E-state index in [0.29, 0.717) is 17.6 Å². The Kier molecular flexibility index (Phi) is 7.25. The summed E-state index contributed by atoms with van der Waals surface area (Å²) in [6.07, 6.45) is 2.34. The SMILES string of the molecule is CC1(C)CCC(C)(C)c2cc3c(cc21)c1cc2c4ccccc4n(-c4nc(-c5ccccc5)nc(-c5cccc6c5sc5ccccc56)n4)c2cc1n3-c1ccccc1. The van der Waals surface area contributed by atoms with E-state index in [2.05, 4.69) is 170 Å². The van der Waals surface area contributed by atoms with E-state index in [1.807, 2.05) is 18.2 Å². The molecule has 59 heavy (non-hydrogen) atoms. The van der Waals surface area contributed by atoms with Crippen molar-refractivity contribution in [3.8, 4) is 34.4 Å². The summed E-state index contributed by atoms with van der Waals surface area (Å²) < 4.78 is 7.16. The molecule has 0 radical (unpaired) electrons. The molecule has 7 aromatic carbocycles. The largest absolute Gasteiger partial charge is 0.309 e. The number of hydrogen-bond acceptors (Lipinski definition) is 4. The number of nitrogens with zero attached hydrogens (tertiary/aromatic N) is 5. The number of benzene rings is 7. The first-order valence-corrected chi connectivity index (χ1v) is 21.4. The molecule has 0 bridgehead atoms. The van der Waals surface area contributed by atoms with E-state index in [4.69, 9.17) is 15.0 Å². The number of thiophene rings is 1. The van der Waals surface area contributed by atoms with Crippen LogP contribution in [0.15, 0.2) is 152 Å². The van der Waals surface area contributed by atoms with Crippen LogP contribution in [0.3, 0.4) is 0 Å². The molecule has 0 N–H and O–H groups in total. The monoisotopic (exact) mass is 779 g/mol. The predicted molar refractivity (Wildman–Crippen MR) is 248 cm³/mol. The molecule has 1 aliphatic carbocycles. The van der Waals surface area contributed by atoms with Gasteiger partial charge in [-0.3, -0.25) is 4.57 Å². The number of aromatic nitrogens is 5. The number of hydrogen-bond donors (Lipinski definition) is 0. The van der Waals surface area contributed by atoms with Gasteiger partial charge in [0.15, 0.2) is 11.6 Å². The van der Waals surface area contributed by atoms with Gasteiger partial charge < -0.3 is 4.57 Å². The van der Waals surface area contributed by atoms with Gasteiger partial charge in [-0.25, -0.2) is 4.98 Å². The predicted octanol–water partition coefficient (Wildman–Crippen LogP) is 14.1. The zero-order valence-corrected chi connectivity index (χ0v) is 34.3. The first-order chi connectivity index (χ1) is 28.7. The van der Waals surface area contributed by atoms with Crippen molar-refractivity contribution >= 4 is 75.1 Å². The smallest absolute Gasteiger partial charge is 0.238 e. The van der Waals surface area contributed by atoms with Crippen LogP contribution in [0.1, 0.15) is 51.7 Å². The fraction of sp³-hybridized carbons (Fsp3) is 0.151. The van der Waals surface area contributed by atoms with E-state index in [1.165, 1.54) is 71.2 Å². The van der Waals surface area contributed by atoms with Crippen LogP contribution in [0.5, 0.6) is 0 Å². The summed E-state index contributed by atoms with van der Waals surface area (Å²) in [5.74, 6) is 1.90. The quantitative estimate of drug-likeness (QED) is 0.179. The van der Waals surface area contributed by atoms with E-state index in [9.17, 15) is 0 Å². The summed E-state index contributed by atoms with van der Waals surface area (Å²) in [7, 11) is 0. The molecule has 11 aromatic rings. The van der Waals surface area contributed by atoms with Crippen molar-refractivity contribution < 1.29 is 0 Å². The van der Waals surface area contributed by atoms with Crippen LogP contribution in [-0.4, -0.2) is 24.1 Å². The zero-order chi connectivity index (χ0) is 39.6. The summed E-state index contributed by atoms with van der Waals surface area (Å²) in [6.45, 7) is 9.67. The molecule has 0 saturated carbocycles. The minimum absolute atomic E-state index is 0.0849. The summed E-state index contributed by atoms with van der Waals surface area (Å²) >= 11 is 1.79.